The molecule has 0 fully saturated rings. The molecule has 0 radical (unpaired) electrons. The fourth-order valence-corrected chi connectivity index (χ4v) is 0.598. The molecular weight excluding hydrogens is 166 g/mol. The molecule has 0 heterocycles. The summed E-state index contributed by atoms with van der Waals surface area (Å²) in [7, 11) is 0. The minimum Gasteiger partial charge on any atom is -0.481 e. The van der Waals surface area contributed by atoms with Crippen LogP contribution in [0.2, 0.25) is 0 Å². The van der Waals surface area contributed by atoms with Crippen LogP contribution < -0.4 is 5.32 Å². The molecule has 1 unspecified atom stereocenters. The molecule has 0 saturated heterocycles. The minimum absolute atomic E-state index is 0.293. The summed E-state index contributed by atoms with van der Waals surface area (Å²) in [4.78, 5) is 30.5. The topological polar surface area (TPSA) is 104 Å². The number of hydrogen-bond donors (Lipinski definition) is 3. The monoisotopic (exact) mass is 175 g/mol. The van der Waals surface area contributed by atoms with E-state index in [9.17, 15) is 14.4 Å². The molecule has 0 aromatic rings. The normalized spacial score (nSPS) is 11.8. The van der Waals surface area contributed by atoms with Gasteiger partial charge in [-0.25, -0.2) is 4.79 Å². The molecule has 0 spiro atoms. The number of aliphatic carboxylic acids is 2. The molecule has 12 heavy (non-hydrogen) atoms. The lowest BCUT2D eigenvalue weighted by atomic mass is 10.2. The lowest BCUT2D eigenvalue weighted by Gasteiger charge is -2.08. The fourth-order valence-electron chi connectivity index (χ4n) is 0.598. The van der Waals surface area contributed by atoms with Crippen LogP contribution in [0.5, 0.6) is 0 Å². The zero-order chi connectivity index (χ0) is 9.72. The summed E-state index contributed by atoms with van der Waals surface area (Å²) in [6.07, 6.45) is -0.293. The van der Waals surface area contributed by atoms with Crippen LogP contribution in [0.25, 0.3) is 0 Å². The van der Waals surface area contributed by atoms with E-state index in [4.69, 9.17) is 10.2 Å². The number of hydrogen-bond acceptors (Lipinski definition) is 3. The number of rotatable bonds is 3. The van der Waals surface area contributed by atoms with E-state index in [0.29, 0.717) is 0 Å². The van der Waals surface area contributed by atoms with Crippen molar-refractivity contribution in [1.29, 1.82) is 0 Å². The first-order chi connectivity index (χ1) is 5.43. The molecule has 68 valence electrons. The minimum atomic E-state index is -1.62. The molecule has 0 aliphatic rings. The molecule has 0 rings (SSSR count). The number of carboxylic acids is 2. The molecule has 6 heteroatoms. The van der Waals surface area contributed by atoms with Crippen LogP contribution in [-0.2, 0) is 14.4 Å². The average Bonchev–Trinajstić information content (AvgIpc) is 1.84. The van der Waals surface area contributed by atoms with Crippen LogP contribution in [-0.4, -0.2) is 34.1 Å². The Kier molecular flexibility index (Phi) is 3.75. The molecule has 0 bridgehead atoms. The van der Waals surface area contributed by atoms with Gasteiger partial charge in [-0.05, 0) is 6.92 Å². The first-order valence-corrected chi connectivity index (χ1v) is 3.19. The molecule has 0 aliphatic heterocycles. The molecule has 0 aromatic heterocycles. The van der Waals surface area contributed by atoms with E-state index in [1.165, 1.54) is 6.92 Å². The largest absolute Gasteiger partial charge is 0.481 e. The summed E-state index contributed by atoms with van der Waals surface area (Å²) in [5.41, 5.74) is 0. The van der Waals surface area contributed by atoms with Crippen molar-refractivity contribution in [3.8, 4) is 0 Å². The Balaban J connectivity index is 3.84. The maximum Gasteiger partial charge on any atom is 0.394 e. The maximum atomic E-state index is 10.4. The van der Waals surface area contributed by atoms with Crippen molar-refractivity contribution >= 4 is 17.8 Å². The van der Waals surface area contributed by atoms with Crippen LogP contribution >= 0.6 is 0 Å². The van der Waals surface area contributed by atoms with Crippen LogP contribution in [0.4, 0.5) is 0 Å². The predicted molar refractivity (Wildman–Crippen MR) is 37.5 cm³/mol. The third-order valence-electron chi connectivity index (χ3n) is 1.05. The number of amides is 1. The molecule has 0 aromatic carbocycles. The Bertz CT molecular complexity index is 212. The van der Waals surface area contributed by atoms with Gasteiger partial charge >= 0.3 is 17.8 Å². The van der Waals surface area contributed by atoms with Gasteiger partial charge in [-0.1, -0.05) is 0 Å². The van der Waals surface area contributed by atoms with Gasteiger partial charge in [-0.15, -0.1) is 0 Å². The van der Waals surface area contributed by atoms with Crippen molar-refractivity contribution in [2.24, 2.45) is 0 Å². The zero-order valence-corrected chi connectivity index (χ0v) is 6.40. The van der Waals surface area contributed by atoms with Gasteiger partial charge < -0.3 is 15.5 Å². The number of carboxylic acid groups (broad SMARTS) is 2. The molecule has 0 saturated carbocycles. The summed E-state index contributed by atoms with van der Waals surface area (Å²) in [6, 6.07) is -0.675. The van der Waals surface area contributed by atoms with Crippen LogP contribution in [0.15, 0.2) is 0 Å². The van der Waals surface area contributed by atoms with Crippen LogP contribution in [0.1, 0.15) is 13.3 Å². The van der Waals surface area contributed by atoms with E-state index in [1.807, 2.05) is 5.32 Å². The molecule has 1 atom stereocenters. The van der Waals surface area contributed by atoms with Gasteiger partial charge in [0.1, 0.15) is 0 Å². The number of carbonyl (C=O) groups excluding carboxylic acids is 1. The van der Waals surface area contributed by atoms with Crippen molar-refractivity contribution in [2.45, 2.75) is 19.4 Å². The summed E-state index contributed by atoms with van der Waals surface area (Å²) >= 11 is 0. The fraction of sp³-hybridized carbons (Fsp3) is 0.500. The second-order valence-corrected chi connectivity index (χ2v) is 2.28. The van der Waals surface area contributed by atoms with Gasteiger partial charge in [-0.3, -0.25) is 9.59 Å². The van der Waals surface area contributed by atoms with E-state index in [-0.39, 0.29) is 6.42 Å². The van der Waals surface area contributed by atoms with E-state index < -0.39 is 23.9 Å². The summed E-state index contributed by atoms with van der Waals surface area (Å²) < 4.78 is 0. The second-order valence-electron chi connectivity index (χ2n) is 2.28. The van der Waals surface area contributed by atoms with Crippen molar-refractivity contribution in [3.63, 3.8) is 0 Å². The highest BCUT2D eigenvalue weighted by atomic mass is 16.4. The lowest BCUT2D eigenvalue weighted by molar-refractivity contribution is -0.150. The maximum absolute atomic E-state index is 10.4. The van der Waals surface area contributed by atoms with Crippen molar-refractivity contribution in [2.75, 3.05) is 0 Å². The van der Waals surface area contributed by atoms with Gasteiger partial charge in [0.2, 0.25) is 0 Å². The second kappa shape index (κ2) is 4.32. The van der Waals surface area contributed by atoms with Gasteiger partial charge in [0, 0.05) is 6.04 Å². The highest BCUT2D eigenvalue weighted by Crippen LogP contribution is 1.89. The molecule has 3 N–H and O–H groups in total. The number of carbonyl (C=O) groups is 3. The Morgan fingerprint density at radius 2 is 1.83 bits per heavy atom. The predicted octanol–water partition coefficient (Wildman–Crippen LogP) is -0.950. The van der Waals surface area contributed by atoms with Gasteiger partial charge in [0.25, 0.3) is 0 Å². The zero-order valence-electron chi connectivity index (χ0n) is 6.40. The van der Waals surface area contributed by atoms with Crippen LogP contribution in [0.3, 0.4) is 0 Å². The van der Waals surface area contributed by atoms with E-state index in [2.05, 4.69) is 0 Å². The molecular formula is C6H9NO5. The number of nitrogens with one attached hydrogen (secondary N) is 1. The van der Waals surface area contributed by atoms with Gasteiger partial charge in [-0.2, -0.15) is 0 Å². The Labute approximate surface area is 68.2 Å². The van der Waals surface area contributed by atoms with Crippen molar-refractivity contribution in [3.05, 3.63) is 0 Å². The van der Waals surface area contributed by atoms with Gasteiger partial charge in [0.15, 0.2) is 0 Å². The highest BCUT2D eigenvalue weighted by molar-refractivity contribution is 6.31. The van der Waals surface area contributed by atoms with E-state index in [0.717, 1.165) is 0 Å². The molecule has 6 nitrogen and oxygen atoms in total. The quantitative estimate of drug-likeness (QED) is 0.480. The third-order valence-corrected chi connectivity index (χ3v) is 1.05. The average molecular weight is 175 g/mol. The van der Waals surface area contributed by atoms with Crippen molar-refractivity contribution in [1.82, 2.24) is 5.32 Å². The Morgan fingerprint density at radius 3 is 2.17 bits per heavy atom. The lowest BCUT2D eigenvalue weighted by Crippen LogP contribution is -2.38. The highest BCUT2D eigenvalue weighted by Gasteiger charge is 2.15. The smallest absolute Gasteiger partial charge is 0.394 e. The molecule has 1 amide bonds. The standard InChI is InChI=1S/C6H9NO5/c1-3(2-4(8)9)7-5(10)6(11)12/h3H,2H2,1H3,(H,7,10)(H,8,9)(H,11,12). The van der Waals surface area contributed by atoms with E-state index >= 15 is 0 Å². The Hall–Kier alpha value is -1.59. The van der Waals surface area contributed by atoms with Gasteiger partial charge in [0.05, 0.1) is 6.42 Å². The van der Waals surface area contributed by atoms with Crippen LogP contribution in [0, 0.1) is 0 Å². The summed E-state index contributed by atoms with van der Waals surface area (Å²) in [5.74, 6) is -3.90. The van der Waals surface area contributed by atoms with Crippen molar-refractivity contribution < 1.29 is 24.6 Å². The third kappa shape index (κ3) is 4.26. The molecule has 0 aliphatic carbocycles. The summed E-state index contributed by atoms with van der Waals surface area (Å²) in [6.45, 7) is 1.41. The SMILES string of the molecule is CC(CC(=O)O)NC(=O)C(=O)O. The van der Waals surface area contributed by atoms with E-state index in [1.54, 1.807) is 0 Å². The first kappa shape index (κ1) is 10.4. The first-order valence-electron chi connectivity index (χ1n) is 3.19. The summed E-state index contributed by atoms with van der Waals surface area (Å²) in [5, 5.41) is 18.3. The Morgan fingerprint density at radius 1 is 1.33 bits per heavy atom.